The number of carbonyl (C=O) groups is 1. The Kier molecular flexibility index (Phi) is 5.90. The molecule has 5 heteroatoms. The van der Waals surface area contributed by atoms with Crippen LogP contribution in [-0.2, 0) is 10.1 Å². The number of halogens is 2. The molecule has 0 bridgehead atoms. The van der Waals surface area contributed by atoms with Crippen molar-refractivity contribution in [3.8, 4) is 0 Å². The molecule has 0 radical (unpaired) electrons. The number of hydrogen-bond donors (Lipinski definition) is 0. The van der Waals surface area contributed by atoms with E-state index >= 15 is 0 Å². The third kappa shape index (κ3) is 3.08. The van der Waals surface area contributed by atoms with Gasteiger partial charge in [-0.3, -0.25) is 0 Å². The van der Waals surface area contributed by atoms with Crippen molar-refractivity contribution in [2.45, 2.75) is 5.33 Å². The van der Waals surface area contributed by atoms with Crippen LogP contribution in [-0.4, -0.2) is 18.1 Å². The van der Waals surface area contributed by atoms with E-state index in [1.165, 1.54) is 7.11 Å². The lowest BCUT2D eigenvalue weighted by molar-refractivity contribution is 0.0593. The molecule has 72 valence electrons. The van der Waals surface area contributed by atoms with Gasteiger partial charge in [-0.2, -0.15) is 0 Å². The quantitative estimate of drug-likeness (QED) is 0.622. The number of pyridine rings is 1. The van der Waals surface area contributed by atoms with Crippen molar-refractivity contribution in [2.24, 2.45) is 0 Å². The molecule has 0 spiro atoms. The Hall–Kier alpha value is -0.420. The van der Waals surface area contributed by atoms with Crippen molar-refractivity contribution >= 4 is 38.9 Å². The highest BCUT2D eigenvalue weighted by atomic mass is 79.9. The van der Waals surface area contributed by atoms with Gasteiger partial charge in [0.05, 0.1) is 7.11 Å². The van der Waals surface area contributed by atoms with E-state index in [2.05, 4.69) is 25.7 Å². The first-order valence-corrected chi connectivity index (χ1v) is 4.50. The molecule has 0 unspecified atom stereocenters. The van der Waals surface area contributed by atoms with Crippen molar-refractivity contribution < 1.29 is 9.53 Å². The SMILES string of the molecule is Br.COC(=O)c1ncccc1CBr. The van der Waals surface area contributed by atoms with Crippen LogP contribution in [0.3, 0.4) is 0 Å². The van der Waals surface area contributed by atoms with Crippen LogP contribution < -0.4 is 0 Å². The van der Waals surface area contributed by atoms with Gasteiger partial charge in [0.25, 0.3) is 0 Å². The fraction of sp³-hybridized carbons (Fsp3) is 0.250. The van der Waals surface area contributed by atoms with Crippen LogP contribution in [0.5, 0.6) is 0 Å². The number of methoxy groups -OCH3 is 1. The molecular weight excluding hydrogens is 302 g/mol. The molecule has 0 saturated carbocycles. The molecule has 0 N–H and O–H groups in total. The van der Waals surface area contributed by atoms with Gasteiger partial charge in [0.2, 0.25) is 0 Å². The second-order valence-electron chi connectivity index (χ2n) is 2.14. The molecule has 1 rings (SSSR count). The molecule has 0 atom stereocenters. The number of ether oxygens (including phenoxy) is 1. The molecule has 13 heavy (non-hydrogen) atoms. The maximum absolute atomic E-state index is 11.1. The van der Waals surface area contributed by atoms with E-state index < -0.39 is 5.97 Å². The number of carbonyl (C=O) groups excluding carboxylic acids is 1. The van der Waals surface area contributed by atoms with E-state index in [1.54, 1.807) is 12.3 Å². The Morgan fingerprint density at radius 3 is 2.92 bits per heavy atom. The van der Waals surface area contributed by atoms with E-state index in [4.69, 9.17) is 0 Å². The summed E-state index contributed by atoms with van der Waals surface area (Å²) in [6, 6.07) is 3.61. The second-order valence-corrected chi connectivity index (χ2v) is 2.70. The Labute approximate surface area is 95.4 Å². The Bertz CT molecular complexity index is 291. The first kappa shape index (κ1) is 12.6. The molecule has 1 aromatic heterocycles. The van der Waals surface area contributed by atoms with Crippen LogP contribution in [0.15, 0.2) is 18.3 Å². The summed E-state index contributed by atoms with van der Waals surface area (Å²) in [6.07, 6.45) is 1.57. The van der Waals surface area contributed by atoms with Crippen molar-refractivity contribution in [3.63, 3.8) is 0 Å². The number of alkyl halides is 1. The summed E-state index contributed by atoms with van der Waals surface area (Å²) in [5.74, 6) is -0.398. The fourth-order valence-electron chi connectivity index (χ4n) is 0.827. The summed E-state index contributed by atoms with van der Waals surface area (Å²) >= 11 is 3.26. The summed E-state index contributed by atoms with van der Waals surface area (Å²) in [7, 11) is 1.34. The molecule has 0 saturated heterocycles. The normalized spacial score (nSPS) is 8.77. The maximum Gasteiger partial charge on any atom is 0.356 e. The van der Waals surface area contributed by atoms with Crippen molar-refractivity contribution in [1.82, 2.24) is 4.98 Å². The van der Waals surface area contributed by atoms with Crippen LogP contribution in [0, 0.1) is 0 Å². The number of aromatic nitrogens is 1. The standard InChI is InChI=1S/C8H8BrNO2.BrH/c1-12-8(11)7-6(5-9)3-2-4-10-7;/h2-4H,5H2,1H3;1H. The first-order valence-electron chi connectivity index (χ1n) is 3.37. The molecule has 0 amide bonds. The number of nitrogens with zero attached hydrogens (tertiary/aromatic N) is 1. The Morgan fingerprint density at radius 1 is 1.69 bits per heavy atom. The molecule has 0 aliphatic heterocycles. The number of esters is 1. The van der Waals surface area contributed by atoms with E-state index in [0.29, 0.717) is 11.0 Å². The number of hydrogen-bond acceptors (Lipinski definition) is 3. The largest absolute Gasteiger partial charge is 0.464 e. The minimum Gasteiger partial charge on any atom is -0.464 e. The van der Waals surface area contributed by atoms with Crippen LogP contribution >= 0.6 is 32.9 Å². The van der Waals surface area contributed by atoms with E-state index in [9.17, 15) is 4.79 Å². The van der Waals surface area contributed by atoms with Gasteiger partial charge in [0, 0.05) is 11.5 Å². The monoisotopic (exact) mass is 309 g/mol. The third-order valence-corrected chi connectivity index (χ3v) is 2.02. The van der Waals surface area contributed by atoms with Crippen LogP contribution in [0.25, 0.3) is 0 Å². The Morgan fingerprint density at radius 2 is 2.38 bits per heavy atom. The molecule has 0 aliphatic carbocycles. The van der Waals surface area contributed by atoms with Crippen molar-refractivity contribution in [3.05, 3.63) is 29.6 Å². The minimum absolute atomic E-state index is 0. The fourth-order valence-corrected chi connectivity index (χ4v) is 1.28. The lowest BCUT2D eigenvalue weighted by Gasteiger charge is -2.01. The van der Waals surface area contributed by atoms with Gasteiger partial charge >= 0.3 is 5.97 Å². The van der Waals surface area contributed by atoms with Crippen LogP contribution in [0.2, 0.25) is 0 Å². The first-order chi connectivity index (χ1) is 5.79. The third-order valence-electron chi connectivity index (χ3n) is 1.41. The zero-order valence-electron chi connectivity index (χ0n) is 6.99. The van der Waals surface area contributed by atoms with Gasteiger partial charge in [-0.05, 0) is 11.6 Å². The maximum atomic E-state index is 11.1. The summed E-state index contributed by atoms with van der Waals surface area (Å²) in [6.45, 7) is 0. The average Bonchev–Trinajstić information content (AvgIpc) is 2.16. The lowest BCUT2D eigenvalue weighted by Crippen LogP contribution is -2.07. The lowest BCUT2D eigenvalue weighted by atomic mass is 10.2. The summed E-state index contributed by atoms with van der Waals surface area (Å²) in [5.41, 5.74) is 1.21. The molecule has 0 aromatic carbocycles. The highest BCUT2D eigenvalue weighted by molar-refractivity contribution is 9.08. The molecule has 1 aromatic rings. The second kappa shape index (κ2) is 6.10. The summed E-state index contributed by atoms with van der Waals surface area (Å²) in [4.78, 5) is 15.0. The minimum atomic E-state index is -0.398. The Balaban J connectivity index is 0.00000144. The van der Waals surface area contributed by atoms with Crippen molar-refractivity contribution in [1.29, 1.82) is 0 Å². The zero-order chi connectivity index (χ0) is 8.97. The van der Waals surface area contributed by atoms with Gasteiger partial charge in [0.1, 0.15) is 0 Å². The van der Waals surface area contributed by atoms with Crippen LogP contribution in [0.4, 0.5) is 0 Å². The molecule has 0 fully saturated rings. The summed E-state index contributed by atoms with van der Waals surface area (Å²) < 4.78 is 4.56. The average molecular weight is 311 g/mol. The molecule has 0 aliphatic rings. The zero-order valence-corrected chi connectivity index (χ0v) is 10.3. The van der Waals surface area contributed by atoms with E-state index in [0.717, 1.165) is 5.56 Å². The summed E-state index contributed by atoms with van der Waals surface area (Å²) in [5, 5.41) is 0.602. The van der Waals surface area contributed by atoms with E-state index in [-0.39, 0.29) is 17.0 Å². The topological polar surface area (TPSA) is 39.2 Å². The highest BCUT2D eigenvalue weighted by Gasteiger charge is 2.10. The van der Waals surface area contributed by atoms with Gasteiger partial charge in [-0.15, -0.1) is 17.0 Å². The molecular formula is C8H9Br2NO2. The van der Waals surface area contributed by atoms with Crippen LogP contribution in [0.1, 0.15) is 16.1 Å². The van der Waals surface area contributed by atoms with E-state index in [1.807, 2.05) is 6.07 Å². The molecule has 1 heterocycles. The predicted octanol–water partition coefficient (Wildman–Crippen LogP) is 2.34. The predicted molar refractivity (Wildman–Crippen MR) is 58.5 cm³/mol. The smallest absolute Gasteiger partial charge is 0.356 e. The van der Waals surface area contributed by atoms with Gasteiger partial charge in [0.15, 0.2) is 5.69 Å². The van der Waals surface area contributed by atoms with Crippen molar-refractivity contribution in [2.75, 3.05) is 7.11 Å². The van der Waals surface area contributed by atoms with Gasteiger partial charge < -0.3 is 4.74 Å². The highest BCUT2D eigenvalue weighted by Crippen LogP contribution is 2.10. The van der Waals surface area contributed by atoms with Gasteiger partial charge in [-0.1, -0.05) is 22.0 Å². The van der Waals surface area contributed by atoms with Gasteiger partial charge in [-0.25, -0.2) is 9.78 Å². The molecule has 3 nitrogen and oxygen atoms in total. The number of rotatable bonds is 2.